The summed E-state index contributed by atoms with van der Waals surface area (Å²) in [6.45, 7) is 4.80. The molecule has 0 aliphatic rings. The normalized spacial score (nSPS) is 11.3. The average molecular weight is 443 g/mol. The standard InChI is InChI=1S/C23H22N8S/c1-3-32-23-26-20-14(2)19(24)12-25-22(20)31(23)13-15-8-10-16(11-9-15)17-6-4-5-7-18(17)21-27-29-30-28-21/h4-12H,3,13,24H2,1-2H3,(H,27,28,29,30). The van der Waals surface area contributed by atoms with Crippen molar-refractivity contribution in [3.05, 3.63) is 65.9 Å². The monoisotopic (exact) mass is 442 g/mol. The van der Waals surface area contributed by atoms with Gasteiger partial charge >= 0.3 is 0 Å². The quantitative estimate of drug-likeness (QED) is 0.377. The Kier molecular flexibility index (Phi) is 5.32. The number of nitrogens with one attached hydrogen (secondary N) is 1. The molecule has 160 valence electrons. The number of aryl methyl sites for hydroxylation is 1. The number of hydrogen-bond acceptors (Lipinski definition) is 7. The molecule has 8 nitrogen and oxygen atoms in total. The van der Waals surface area contributed by atoms with Gasteiger partial charge < -0.3 is 5.73 Å². The predicted molar refractivity (Wildman–Crippen MR) is 127 cm³/mol. The number of rotatable bonds is 6. The molecule has 3 N–H and O–H groups in total. The van der Waals surface area contributed by atoms with Gasteiger partial charge in [-0.05, 0) is 39.8 Å². The number of nitrogens with zero attached hydrogens (tertiary/aromatic N) is 6. The van der Waals surface area contributed by atoms with Gasteiger partial charge in [-0.1, -0.05) is 67.2 Å². The van der Waals surface area contributed by atoms with Gasteiger partial charge in [-0.15, -0.1) is 5.10 Å². The Labute approximate surface area is 189 Å². The highest BCUT2D eigenvalue weighted by molar-refractivity contribution is 7.99. The number of anilines is 1. The van der Waals surface area contributed by atoms with E-state index >= 15 is 0 Å². The van der Waals surface area contributed by atoms with Crippen LogP contribution in [0.3, 0.4) is 0 Å². The van der Waals surface area contributed by atoms with Crippen molar-refractivity contribution >= 4 is 28.6 Å². The second-order valence-electron chi connectivity index (χ2n) is 7.42. The summed E-state index contributed by atoms with van der Waals surface area (Å²) in [6, 6.07) is 16.6. The lowest BCUT2D eigenvalue weighted by atomic mass is 9.98. The first-order valence-corrected chi connectivity index (χ1v) is 11.3. The van der Waals surface area contributed by atoms with Crippen molar-refractivity contribution < 1.29 is 0 Å². The number of hydrogen-bond donors (Lipinski definition) is 2. The fourth-order valence-corrected chi connectivity index (χ4v) is 4.46. The first-order chi connectivity index (χ1) is 15.7. The lowest BCUT2D eigenvalue weighted by molar-refractivity contribution is 0.724. The molecule has 0 saturated carbocycles. The van der Waals surface area contributed by atoms with E-state index in [9.17, 15) is 0 Å². The number of thioether (sulfide) groups is 1. The van der Waals surface area contributed by atoms with Crippen molar-refractivity contribution in [3.8, 4) is 22.5 Å². The summed E-state index contributed by atoms with van der Waals surface area (Å²) in [6.07, 6.45) is 1.72. The Morgan fingerprint density at radius 3 is 2.56 bits per heavy atom. The van der Waals surface area contributed by atoms with Crippen LogP contribution in [0.25, 0.3) is 33.7 Å². The minimum absolute atomic E-state index is 0.650. The molecule has 9 heteroatoms. The maximum absolute atomic E-state index is 6.06. The Bertz CT molecular complexity index is 1370. The maximum atomic E-state index is 6.06. The molecule has 5 rings (SSSR count). The third kappa shape index (κ3) is 3.60. The number of tetrazole rings is 1. The maximum Gasteiger partial charge on any atom is 0.180 e. The molecule has 0 amide bonds. The smallest absolute Gasteiger partial charge is 0.180 e. The molecular weight excluding hydrogens is 420 g/mol. The van der Waals surface area contributed by atoms with Crippen LogP contribution >= 0.6 is 11.8 Å². The minimum Gasteiger partial charge on any atom is -0.397 e. The zero-order chi connectivity index (χ0) is 22.1. The topological polar surface area (TPSA) is 111 Å². The molecule has 0 radical (unpaired) electrons. The van der Waals surface area contributed by atoms with Crippen LogP contribution < -0.4 is 5.73 Å². The van der Waals surface area contributed by atoms with Crippen molar-refractivity contribution in [2.75, 3.05) is 11.5 Å². The van der Waals surface area contributed by atoms with Gasteiger partial charge in [0.2, 0.25) is 0 Å². The summed E-state index contributed by atoms with van der Waals surface area (Å²) in [5.41, 5.74) is 13.7. The highest BCUT2D eigenvalue weighted by atomic mass is 32.2. The van der Waals surface area contributed by atoms with Crippen molar-refractivity contribution in [1.29, 1.82) is 0 Å². The first-order valence-electron chi connectivity index (χ1n) is 10.3. The molecule has 0 aliphatic carbocycles. The molecule has 3 heterocycles. The summed E-state index contributed by atoms with van der Waals surface area (Å²) in [5.74, 6) is 1.58. The van der Waals surface area contributed by atoms with E-state index in [1.54, 1.807) is 18.0 Å². The van der Waals surface area contributed by atoms with Gasteiger partial charge in [0, 0.05) is 11.1 Å². The fourth-order valence-electron chi connectivity index (χ4n) is 3.74. The van der Waals surface area contributed by atoms with E-state index in [1.165, 1.54) is 5.56 Å². The Balaban J connectivity index is 1.50. The van der Waals surface area contributed by atoms with E-state index < -0.39 is 0 Å². The third-order valence-corrected chi connectivity index (χ3v) is 6.29. The van der Waals surface area contributed by atoms with E-state index in [4.69, 9.17) is 10.7 Å². The van der Waals surface area contributed by atoms with Crippen LogP contribution in [0.5, 0.6) is 0 Å². The van der Waals surface area contributed by atoms with E-state index in [0.29, 0.717) is 18.1 Å². The molecule has 0 atom stereocenters. The van der Waals surface area contributed by atoms with Gasteiger partial charge in [0.25, 0.3) is 0 Å². The summed E-state index contributed by atoms with van der Waals surface area (Å²) in [5, 5.41) is 15.3. The lowest BCUT2D eigenvalue weighted by Gasteiger charge is -2.11. The molecule has 0 aliphatic heterocycles. The van der Waals surface area contributed by atoms with Crippen LogP contribution in [0.4, 0.5) is 5.69 Å². The summed E-state index contributed by atoms with van der Waals surface area (Å²) < 4.78 is 2.17. The molecule has 0 fully saturated rings. The summed E-state index contributed by atoms with van der Waals surface area (Å²) >= 11 is 1.71. The molecule has 0 unspecified atom stereocenters. The van der Waals surface area contributed by atoms with Crippen molar-refractivity contribution in [1.82, 2.24) is 35.2 Å². The van der Waals surface area contributed by atoms with Crippen LogP contribution in [0.15, 0.2) is 59.9 Å². The van der Waals surface area contributed by atoms with Crippen LogP contribution in [0, 0.1) is 6.92 Å². The number of fused-ring (bicyclic) bond motifs is 1. The molecule has 0 spiro atoms. The van der Waals surface area contributed by atoms with E-state index in [2.05, 4.69) is 67.4 Å². The number of H-pyrrole nitrogens is 1. The van der Waals surface area contributed by atoms with E-state index in [1.807, 2.05) is 25.1 Å². The number of aromatic amines is 1. The van der Waals surface area contributed by atoms with Gasteiger partial charge in [-0.25, -0.2) is 15.1 Å². The van der Waals surface area contributed by atoms with Crippen LogP contribution in [-0.4, -0.2) is 40.9 Å². The van der Waals surface area contributed by atoms with Crippen LogP contribution in [0.1, 0.15) is 18.1 Å². The van der Waals surface area contributed by atoms with Crippen LogP contribution in [0.2, 0.25) is 0 Å². The zero-order valence-electron chi connectivity index (χ0n) is 17.8. The fraction of sp³-hybridized carbons (Fsp3) is 0.174. The van der Waals surface area contributed by atoms with Gasteiger partial charge in [0.15, 0.2) is 16.6 Å². The summed E-state index contributed by atoms with van der Waals surface area (Å²) in [4.78, 5) is 9.41. The molecular formula is C23H22N8S. The second-order valence-corrected chi connectivity index (χ2v) is 8.65. The number of pyridine rings is 1. The predicted octanol–water partition coefficient (Wildman–Crippen LogP) is 4.33. The Morgan fingerprint density at radius 1 is 1.06 bits per heavy atom. The zero-order valence-corrected chi connectivity index (χ0v) is 18.6. The number of aromatic nitrogens is 7. The van der Waals surface area contributed by atoms with Gasteiger partial charge in [-0.2, -0.15) is 0 Å². The van der Waals surface area contributed by atoms with Gasteiger partial charge in [0.05, 0.1) is 18.4 Å². The largest absolute Gasteiger partial charge is 0.397 e. The average Bonchev–Trinajstić information content (AvgIpc) is 3.47. The second kappa shape index (κ2) is 8.43. The van der Waals surface area contributed by atoms with Crippen molar-refractivity contribution in [2.24, 2.45) is 0 Å². The van der Waals surface area contributed by atoms with Crippen molar-refractivity contribution in [3.63, 3.8) is 0 Å². The van der Waals surface area contributed by atoms with E-state index in [-0.39, 0.29) is 0 Å². The minimum atomic E-state index is 0.650. The first kappa shape index (κ1) is 20.2. The molecule has 2 aromatic carbocycles. The molecule has 0 bridgehead atoms. The highest BCUT2D eigenvalue weighted by Gasteiger charge is 2.16. The van der Waals surface area contributed by atoms with Gasteiger partial charge in [0.1, 0.15) is 5.52 Å². The lowest BCUT2D eigenvalue weighted by Crippen LogP contribution is -2.03. The molecule has 5 aromatic rings. The van der Waals surface area contributed by atoms with Crippen LogP contribution in [-0.2, 0) is 6.54 Å². The van der Waals surface area contributed by atoms with Gasteiger partial charge in [-0.3, -0.25) is 4.57 Å². The number of nitrogen functional groups attached to an aromatic ring is 1. The Hall–Kier alpha value is -3.72. The molecule has 0 saturated heterocycles. The Morgan fingerprint density at radius 2 is 1.84 bits per heavy atom. The molecule has 32 heavy (non-hydrogen) atoms. The van der Waals surface area contributed by atoms with E-state index in [0.717, 1.165) is 44.3 Å². The van der Waals surface area contributed by atoms with Crippen molar-refractivity contribution in [2.45, 2.75) is 25.5 Å². The highest BCUT2D eigenvalue weighted by Crippen LogP contribution is 2.31. The summed E-state index contributed by atoms with van der Waals surface area (Å²) in [7, 11) is 0. The third-order valence-electron chi connectivity index (χ3n) is 5.43. The number of benzene rings is 2. The number of imidazole rings is 1. The molecule has 3 aromatic heterocycles. The SMILES string of the molecule is CCSc1nc2c(C)c(N)cnc2n1Cc1ccc(-c2ccccc2-c2nnn[nH]2)cc1. The number of nitrogens with two attached hydrogens (primary N) is 1.